The van der Waals surface area contributed by atoms with Crippen molar-refractivity contribution in [3.05, 3.63) is 111 Å². The van der Waals surface area contributed by atoms with E-state index in [1.54, 1.807) is 24.3 Å². The Bertz CT molecular complexity index is 1220. The number of thiophene rings is 1. The van der Waals surface area contributed by atoms with Gasteiger partial charge >= 0.3 is 0 Å². The van der Waals surface area contributed by atoms with Crippen LogP contribution in [0.3, 0.4) is 0 Å². The molecule has 0 aliphatic rings. The largest absolute Gasteiger partial charge is 0.493 e. The Kier molecular flexibility index (Phi) is 8.17. The van der Waals surface area contributed by atoms with E-state index in [9.17, 15) is 4.79 Å². The quantitative estimate of drug-likeness (QED) is 0.262. The molecule has 0 atom stereocenters. The van der Waals surface area contributed by atoms with Gasteiger partial charge in [0.15, 0.2) is 11.5 Å². The summed E-state index contributed by atoms with van der Waals surface area (Å²) < 4.78 is 11.6. The Morgan fingerprint density at radius 1 is 1.00 bits per heavy atom. The minimum Gasteiger partial charge on any atom is -0.493 e. The van der Waals surface area contributed by atoms with Gasteiger partial charge in [-0.2, -0.15) is 0 Å². The molecule has 0 N–H and O–H groups in total. The summed E-state index contributed by atoms with van der Waals surface area (Å²) in [5, 5.41) is 2.30. The zero-order valence-corrected chi connectivity index (χ0v) is 20.4. The van der Waals surface area contributed by atoms with Crippen molar-refractivity contribution in [1.82, 2.24) is 9.88 Å². The molecule has 1 amide bonds. The Hall–Kier alpha value is -3.35. The van der Waals surface area contributed by atoms with Crippen molar-refractivity contribution in [2.75, 3.05) is 13.7 Å². The van der Waals surface area contributed by atoms with Crippen LogP contribution < -0.4 is 9.47 Å². The fraction of sp³-hybridized carbons (Fsp3) is 0.185. The van der Waals surface area contributed by atoms with E-state index in [0.29, 0.717) is 47.5 Å². The molecule has 0 spiro atoms. The third-order valence-electron chi connectivity index (χ3n) is 5.30. The van der Waals surface area contributed by atoms with Gasteiger partial charge in [-0.25, -0.2) is 0 Å². The summed E-state index contributed by atoms with van der Waals surface area (Å²) in [4.78, 5) is 20.0. The molecule has 2 aromatic carbocycles. The average Bonchev–Trinajstić information content (AvgIpc) is 3.32. The van der Waals surface area contributed by atoms with Gasteiger partial charge in [-0.15, -0.1) is 11.3 Å². The summed E-state index contributed by atoms with van der Waals surface area (Å²) >= 11 is 7.62. The summed E-state index contributed by atoms with van der Waals surface area (Å²) in [7, 11) is 1.61. The molecular weight excluding hydrogens is 468 g/mol. The average molecular weight is 493 g/mol. The monoisotopic (exact) mass is 492 g/mol. The van der Waals surface area contributed by atoms with Crippen molar-refractivity contribution in [2.45, 2.75) is 19.6 Å². The number of carbonyl (C=O) groups excluding carboxylic acids is 1. The number of benzene rings is 2. The van der Waals surface area contributed by atoms with Gasteiger partial charge in [0.1, 0.15) is 11.5 Å². The number of hydrogen-bond acceptors (Lipinski definition) is 5. The predicted octanol–water partition coefficient (Wildman–Crippen LogP) is 6.27. The third-order valence-corrected chi connectivity index (χ3v) is 6.63. The van der Waals surface area contributed by atoms with E-state index in [0.717, 1.165) is 16.8 Å². The van der Waals surface area contributed by atoms with Gasteiger partial charge in [0.25, 0.3) is 5.91 Å². The molecule has 0 unspecified atom stereocenters. The number of hydrogen-bond donors (Lipinski definition) is 0. The molecule has 174 valence electrons. The summed E-state index contributed by atoms with van der Waals surface area (Å²) in [6, 6.07) is 23.3. The maximum Gasteiger partial charge on any atom is 0.265 e. The summed E-state index contributed by atoms with van der Waals surface area (Å²) in [6.45, 7) is 1.37. The first-order valence-electron chi connectivity index (χ1n) is 10.9. The number of aromatic nitrogens is 1. The smallest absolute Gasteiger partial charge is 0.265 e. The topological polar surface area (TPSA) is 51.7 Å². The van der Waals surface area contributed by atoms with Gasteiger partial charge in [0, 0.05) is 31.4 Å². The molecule has 0 aliphatic carbocycles. The van der Waals surface area contributed by atoms with Gasteiger partial charge in [-0.05, 0) is 46.8 Å². The van der Waals surface area contributed by atoms with Crippen molar-refractivity contribution in [3.8, 4) is 11.5 Å². The molecule has 2 aromatic heterocycles. The van der Waals surface area contributed by atoms with E-state index >= 15 is 0 Å². The first kappa shape index (κ1) is 23.8. The number of methoxy groups -OCH3 is 1. The first-order chi connectivity index (χ1) is 16.6. The van der Waals surface area contributed by atoms with Crippen LogP contribution in [0.1, 0.15) is 26.5 Å². The highest BCUT2D eigenvalue weighted by Gasteiger charge is 2.21. The van der Waals surface area contributed by atoms with Crippen LogP contribution >= 0.6 is 22.9 Å². The molecule has 5 nitrogen and oxygen atoms in total. The van der Waals surface area contributed by atoms with Gasteiger partial charge in [0.05, 0.1) is 12.1 Å². The van der Waals surface area contributed by atoms with Crippen LogP contribution in [0.2, 0.25) is 5.02 Å². The van der Waals surface area contributed by atoms with E-state index in [1.807, 2.05) is 72.1 Å². The number of ether oxygens (including phenoxy) is 2. The van der Waals surface area contributed by atoms with Crippen LogP contribution in [0.5, 0.6) is 11.5 Å². The molecular formula is C27H25ClN2O3S. The van der Waals surface area contributed by atoms with Crippen LogP contribution in [-0.4, -0.2) is 29.4 Å². The van der Waals surface area contributed by atoms with Crippen molar-refractivity contribution in [2.24, 2.45) is 0 Å². The van der Waals surface area contributed by atoms with Gasteiger partial charge in [0.2, 0.25) is 0 Å². The molecule has 4 rings (SSSR count). The minimum atomic E-state index is -0.0979. The Labute approximate surface area is 208 Å². The van der Waals surface area contributed by atoms with Gasteiger partial charge in [-0.3, -0.25) is 9.78 Å². The standard InChI is InChI=1S/C27H25ClN2O3S/c1-32-25-17-21(10-11-24(25)33-19-20-7-3-2-4-8-20)18-30(15-12-22-9-5-6-14-29-22)27(31)26-23(28)13-16-34-26/h2-11,13-14,16-17H,12,15,18-19H2,1H3. The van der Waals surface area contributed by atoms with Crippen LogP contribution in [0.25, 0.3) is 0 Å². The zero-order chi connectivity index (χ0) is 23.8. The first-order valence-corrected chi connectivity index (χ1v) is 12.2. The second-order valence-corrected chi connectivity index (χ2v) is 8.98. The predicted molar refractivity (Wildman–Crippen MR) is 136 cm³/mol. The molecule has 0 bridgehead atoms. The molecule has 0 saturated carbocycles. The Balaban J connectivity index is 1.51. The van der Waals surface area contributed by atoms with Crippen LogP contribution in [-0.2, 0) is 19.6 Å². The summed E-state index contributed by atoms with van der Waals surface area (Å²) in [6.07, 6.45) is 2.40. The normalized spacial score (nSPS) is 10.6. The molecule has 7 heteroatoms. The number of pyridine rings is 1. The van der Waals surface area contributed by atoms with Crippen LogP contribution in [0, 0.1) is 0 Å². The second kappa shape index (κ2) is 11.7. The maximum absolute atomic E-state index is 13.3. The number of amides is 1. The lowest BCUT2D eigenvalue weighted by molar-refractivity contribution is 0.0749. The molecule has 34 heavy (non-hydrogen) atoms. The summed E-state index contributed by atoms with van der Waals surface area (Å²) in [5.41, 5.74) is 2.94. The van der Waals surface area contributed by atoms with Crippen molar-refractivity contribution in [3.63, 3.8) is 0 Å². The maximum atomic E-state index is 13.3. The highest BCUT2D eigenvalue weighted by Crippen LogP contribution is 2.30. The number of carbonyl (C=O) groups is 1. The Morgan fingerprint density at radius 3 is 2.53 bits per heavy atom. The van der Waals surface area contributed by atoms with E-state index in [1.165, 1.54) is 11.3 Å². The molecule has 0 saturated heterocycles. The van der Waals surface area contributed by atoms with Gasteiger partial charge in [-0.1, -0.05) is 54.1 Å². The highest BCUT2D eigenvalue weighted by atomic mass is 35.5. The lowest BCUT2D eigenvalue weighted by Crippen LogP contribution is -2.32. The van der Waals surface area contributed by atoms with Crippen molar-refractivity contribution < 1.29 is 14.3 Å². The van der Waals surface area contributed by atoms with E-state index in [4.69, 9.17) is 21.1 Å². The fourth-order valence-corrected chi connectivity index (χ4v) is 4.63. The highest BCUT2D eigenvalue weighted by molar-refractivity contribution is 7.12. The Morgan fingerprint density at radius 2 is 1.82 bits per heavy atom. The lowest BCUT2D eigenvalue weighted by atomic mass is 10.1. The lowest BCUT2D eigenvalue weighted by Gasteiger charge is -2.23. The third kappa shape index (κ3) is 6.16. The van der Waals surface area contributed by atoms with E-state index < -0.39 is 0 Å². The number of rotatable bonds is 10. The van der Waals surface area contributed by atoms with Crippen molar-refractivity contribution >= 4 is 28.8 Å². The molecule has 2 heterocycles. The summed E-state index contributed by atoms with van der Waals surface area (Å²) in [5.74, 6) is 1.18. The molecule has 4 aromatic rings. The molecule has 0 aliphatic heterocycles. The second-order valence-electron chi connectivity index (χ2n) is 7.65. The fourth-order valence-electron chi connectivity index (χ4n) is 3.52. The molecule has 0 radical (unpaired) electrons. The van der Waals surface area contributed by atoms with E-state index in [-0.39, 0.29) is 5.91 Å². The van der Waals surface area contributed by atoms with Crippen molar-refractivity contribution in [1.29, 1.82) is 0 Å². The SMILES string of the molecule is COc1cc(CN(CCc2ccccn2)C(=O)c2sccc2Cl)ccc1OCc1ccccc1. The zero-order valence-electron chi connectivity index (χ0n) is 18.8. The minimum absolute atomic E-state index is 0.0979. The number of nitrogens with zero attached hydrogens (tertiary/aromatic N) is 2. The van der Waals surface area contributed by atoms with Crippen LogP contribution in [0.4, 0.5) is 0 Å². The molecule has 0 fully saturated rings. The van der Waals surface area contributed by atoms with Crippen LogP contribution in [0.15, 0.2) is 84.4 Å². The van der Waals surface area contributed by atoms with E-state index in [2.05, 4.69) is 4.98 Å². The number of halogens is 1. The van der Waals surface area contributed by atoms with Gasteiger partial charge < -0.3 is 14.4 Å².